The largest absolute Gasteiger partial charge is 0.494 e. The number of hydrogen-bond acceptors (Lipinski definition) is 6. The Labute approximate surface area is 175 Å². The molecule has 0 radical (unpaired) electrons. The van der Waals surface area contributed by atoms with Gasteiger partial charge in [0.2, 0.25) is 5.90 Å². The number of benzene rings is 2. The molecule has 0 aromatic heterocycles. The van der Waals surface area contributed by atoms with Crippen molar-refractivity contribution < 1.29 is 19.2 Å². The van der Waals surface area contributed by atoms with E-state index in [1.165, 1.54) is 43.9 Å². The summed E-state index contributed by atoms with van der Waals surface area (Å²) in [5, 5.41) is 10.9. The Bertz CT molecular complexity index is 964. The summed E-state index contributed by atoms with van der Waals surface area (Å²) >= 11 is 0. The zero-order valence-corrected chi connectivity index (χ0v) is 16.9. The molecule has 0 saturated heterocycles. The third-order valence-corrected chi connectivity index (χ3v) is 4.62. The first-order valence-corrected chi connectivity index (χ1v) is 10.1. The molecule has 156 valence electrons. The van der Waals surface area contributed by atoms with Gasteiger partial charge in [0.05, 0.1) is 11.5 Å². The molecule has 7 nitrogen and oxygen atoms in total. The van der Waals surface area contributed by atoms with Crippen molar-refractivity contribution in [1.82, 2.24) is 0 Å². The monoisotopic (exact) mass is 408 g/mol. The molecular weight excluding hydrogens is 384 g/mol. The lowest BCUT2D eigenvalue weighted by molar-refractivity contribution is -0.384. The summed E-state index contributed by atoms with van der Waals surface area (Å²) in [6, 6.07) is 13.2. The molecule has 0 unspecified atom stereocenters. The molecule has 7 heteroatoms. The first-order chi connectivity index (χ1) is 14.6. The molecule has 0 spiro atoms. The Kier molecular flexibility index (Phi) is 7.32. The van der Waals surface area contributed by atoms with E-state index in [-0.39, 0.29) is 17.3 Å². The lowest BCUT2D eigenvalue weighted by Crippen LogP contribution is -2.05. The molecule has 1 aliphatic heterocycles. The minimum atomic E-state index is -0.594. The Balaban J connectivity index is 1.63. The quantitative estimate of drug-likeness (QED) is 0.175. The van der Waals surface area contributed by atoms with Crippen LogP contribution in [-0.2, 0) is 9.53 Å². The highest BCUT2D eigenvalue weighted by atomic mass is 16.6. The van der Waals surface area contributed by atoms with Crippen molar-refractivity contribution in [2.75, 3.05) is 6.61 Å². The van der Waals surface area contributed by atoms with Gasteiger partial charge in [-0.1, -0.05) is 44.7 Å². The molecule has 0 N–H and O–H groups in total. The summed E-state index contributed by atoms with van der Waals surface area (Å²) in [7, 11) is 0. The van der Waals surface area contributed by atoms with Crippen molar-refractivity contribution in [3.63, 3.8) is 0 Å². The van der Waals surface area contributed by atoms with Crippen LogP contribution in [0.25, 0.3) is 6.08 Å². The van der Waals surface area contributed by atoms with Gasteiger partial charge < -0.3 is 9.47 Å². The van der Waals surface area contributed by atoms with Gasteiger partial charge in [-0.2, -0.15) is 0 Å². The number of carbonyl (C=O) groups is 1. The van der Waals surface area contributed by atoms with Gasteiger partial charge in [0.1, 0.15) is 5.75 Å². The van der Waals surface area contributed by atoms with E-state index in [0.717, 1.165) is 12.2 Å². The maximum absolute atomic E-state index is 12.1. The second-order valence-corrected chi connectivity index (χ2v) is 6.98. The van der Waals surface area contributed by atoms with Gasteiger partial charge >= 0.3 is 5.97 Å². The van der Waals surface area contributed by atoms with Crippen molar-refractivity contribution >= 4 is 23.6 Å². The average Bonchev–Trinajstić information content (AvgIpc) is 3.11. The fourth-order valence-electron chi connectivity index (χ4n) is 3.01. The van der Waals surface area contributed by atoms with Crippen LogP contribution in [0, 0.1) is 10.1 Å². The predicted molar refractivity (Wildman–Crippen MR) is 114 cm³/mol. The number of cyclic esters (lactones) is 1. The number of nitro groups is 1. The minimum Gasteiger partial charge on any atom is -0.494 e. The fraction of sp³-hybridized carbons (Fsp3) is 0.304. The molecule has 0 saturated carbocycles. The van der Waals surface area contributed by atoms with E-state index in [0.29, 0.717) is 17.7 Å². The summed E-state index contributed by atoms with van der Waals surface area (Å²) < 4.78 is 11.0. The minimum absolute atomic E-state index is 0.0548. The van der Waals surface area contributed by atoms with Gasteiger partial charge in [-0.15, -0.1) is 0 Å². The van der Waals surface area contributed by atoms with E-state index in [1.54, 1.807) is 24.3 Å². The van der Waals surface area contributed by atoms with Crippen molar-refractivity contribution in [1.29, 1.82) is 0 Å². The fourth-order valence-corrected chi connectivity index (χ4v) is 3.01. The number of ether oxygens (including phenoxy) is 2. The molecule has 0 atom stereocenters. The van der Waals surface area contributed by atoms with E-state index in [9.17, 15) is 14.9 Å². The van der Waals surface area contributed by atoms with Crippen LogP contribution in [0.2, 0.25) is 0 Å². The molecule has 2 aromatic carbocycles. The molecule has 0 bridgehead atoms. The van der Waals surface area contributed by atoms with E-state index in [1.807, 2.05) is 12.1 Å². The molecule has 2 aromatic rings. The van der Waals surface area contributed by atoms with Crippen LogP contribution in [0.1, 0.15) is 50.2 Å². The summed E-state index contributed by atoms with van der Waals surface area (Å²) in [4.78, 5) is 26.8. The number of rotatable bonds is 10. The van der Waals surface area contributed by atoms with Crippen molar-refractivity contribution in [2.45, 2.75) is 39.0 Å². The second kappa shape index (κ2) is 10.3. The number of carbonyl (C=O) groups excluding carboxylic acids is 1. The predicted octanol–water partition coefficient (Wildman–Crippen LogP) is 5.29. The molecular formula is C23H24N2O5. The van der Waals surface area contributed by atoms with Crippen LogP contribution >= 0.6 is 0 Å². The number of nitro benzene ring substituents is 1. The van der Waals surface area contributed by atoms with Crippen LogP contribution in [0.15, 0.2) is 59.2 Å². The lowest BCUT2D eigenvalue weighted by Gasteiger charge is -2.07. The van der Waals surface area contributed by atoms with E-state index >= 15 is 0 Å². The molecule has 30 heavy (non-hydrogen) atoms. The van der Waals surface area contributed by atoms with Gasteiger partial charge in [-0.25, -0.2) is 9.79 Å². The zero-order chi connectivity index (χ0) is 21.3. The third kappa shape index (κ3) is 5.76. The Morgan fingerprint density at radius 2 is 1.87 bits per heavy atom. The third-order valence-electron chi connectivity index (χ3n) is 4.62. The highest BCUT2D eigenvalue weighted by Crippen LogP contribution is 2.22. The standard InChI is InChI=1S/C23H24N2O5/c1-2-3-4-5-6-14-29-20-12-10-18(11-13-20)22-24-21(23(26)30-22)16-17-8-7-9-19(15-17)25(27)28/h7-13,15-16H,2-6,14H2,1H3/b21-16-. The number of aliphatic imine (C=N–C) groups is 1. The highest BCUT2D eigenvalue weighted by Gasteiger charge is 2.24. The molecule has 0 amide bonds. The number of esters is 1. The van der Waals surface area contributed by atoms with Crippen LogP contribution < -0.4 is 4.74 Å². The molecule has 1 heterocycles. The number of non-ortho nitro benzene ring substituents is 1. The number of hydrogen-bond donors (Lipinski definition) is 0. The van der Waals surface area contributed by atoms with E-state index in [4.69, 9.17) is 9.47 Å². The Morgan fingerprint density at radius 3 is 2.60 bits per heavy atom. The molecule has 0 aliphatic carbocycles. The Hall–Kier alpha value is -3.48. The maximum atomic E-state index is 12.1. The number of unbranched alkanes of at least 4 members (excludes halogenated alkanes) is 4. The van der Waals surface area contributed by atoms with Crippen LogP contribution in [0.5, 0.6) is 5.75 Å². The van der Waals surface area contributed by atoms with Gasteiger partial charge in [0.25, 0.3) is 5.69 Å². The van der Waals surface area contributed by atoms with E-state index < -0.39 is 10.9 Å². The second-order valence-electron chi connectivity index (χ2n) is 6.98. The summed E-state index contributed by atoms with van der Waals surface area (Å²) in [6.07, 6.45) is 7.37. The number of nitrogens with zero attached hydrogens (tertiary/aromatic N) is 2. The van der Waals surface area contributed by atoms with Crippen LogP contribution in [-0.4, -0.2) is 23.4 Å². The van der Waals surface area contributed by atoms with Crippen molar-refractivity contribution in [3.8, 4) is 5.75 Å². The van der Waals surface area contributed by atoms with Gasteiger partial charge in [-0.3, -0.25) is 10.1 Å². The first-order valence-electron chi connectivity index (χ1n) is 10.1. The lowest BCUT2D eigenvalue weighted by atomic mass is 10.1. The Morgan fingerprint density at radius 1 is 1.10 bits per heavy atom. The van der Waals surface area contributed by atoms with E-state index in [2.05, 4.69) is 11.9 Å². The van der Waals surface area contributed by atoms with Crippen molar-refractivity contribution in [2.24, 2.45) is 4.99 Å². The van der Waals surface area contributed by atoms with Gasteiger partial charge in [-0.05, 0) is 42.3 Å². The highest BCUT2D eigenvalue weighted by molar-refractivity contribution is 6.12. The van der Waals surface area contributed by atoms with Crippen LogP contribution in [0.3, 0.4) is 0 Å². The SMILES string of the molecule is CCCCCCCOc1ccc(C2=N/C(=C\c3cccc([N+](=O)[O-])c3)C(=O)O2)cc1. The summed E-state index contributed by atoms with van der Waals surface area (Å²) in [5.74, 6) is 0.359. The van der Waals surface area contributed by atoms with Crippen LogP contribution in [0.4, 0.5) is 5.69 Å². The molecule has 0 fully saturated rings. The maximum Gasteiger partial charge on any atom is 0.363 e. The van der Waals surface area contributed by atoms with Gasteiger partial charge in [0.15, 0.2) is 5.70 Å². The normalized spacial score (nSPS) is 14.5. The average molecular weight is 408 g/mol. The summed E-state index contributed by atoms with van der Waals surface area (Å²) in [6.45, 7) is 2.87. The zero-order valence-electron chi connectivity index (χ0n) is 16.9. The smallest absolute Gasteiger partial charge is 0.363 e. The van der Waals surface area contributed by atoms with Crippen molar-refractivity contribution in [3.05, 3.63) is 75.5 Å². The molecule has 1 aliphatic rings. The van der Waals surface area contributed by atoms with Gasteiger partial charge in [0, 0.05) is 17.7 Å². The first kappa shape index (κ1) is 21.2. The summed E-state index contributed by atoms with van der Waals surface area (Å²) in [5.41, 5.74) is 1.20. The molecule has 3 rings (SSSR count). The topological polar surface area (TPSA) is 91.0 Å².